The molecule has 0 saturated carbocycles. The molecule has 3 rings (SSSR count). The SMILES string of the molecule is CC(C)c1ccccc1-c1cccc2cccnc12. The van der Waals surface area contributed by atoms with Crippen LogP contribution in [-0.4, -0.2) is 4.98 Å². The van der Waals surface area contributed by atoms with Crippen LogP contribution in [0.3, 0.4) is 0 Å². The molecular formula is C18H17N. The maximum absolute atomic E-state index is 4.56. The van der Waals surface area contributed by atoms with Gasteiger partial charge < -0.3 is 0 Å². The van der Waals surface area contributed by atoms with E-state index in [0.717, 1.165) is 5.52 Å². The van der Waals surface area contributed by atoms with Crippen molar-refractivity contribution < 1.29 is 0 Å². The minimum atomic E-state index is 0.509. The zero-order valence-electron chi connectivity index (χ0n) is 11.3. The number of fused-ring (bicyclic) bond motifs is 1. The van der Waals surface area contributed by atoms with E-state index in [0.29, 0.717) is 5.92 Å². The summed E-state index contributed by atoms with van der Waals surface area (Å²) in [5.74, 6) is 0.509. The highest BCUT2D eigenvalue weighted by molar-refractivity contribution is 5.94. The predicted octanol–water partition coefficient (Wildman–Crippen LogP) is 5.03. The Morgan fingerprint density at radius 3 is 2.37 bits per heavy atom. The van der Waals surface area contributed by atoms with E-state index in [-0.39, 0.29) is 0 Å². The molecule has 1 aromatic heterocycles. The largest absolute Gasteiger partial charge is 0.256 e. The number of benzene rings is 2. The van der Waals surface area contributed by atoms with E-state index in [1.807, 2.05) is 12.3 Å². The Morgan fingerprint density at radius 2 is 1.53 bits per heavy atom. The van der Waals surface area contributed by atoms with Gasteiger partial charge in [-0.25, -0.2) is 0 Å². The lowest BCUT2D eigenvalue weighted by molar-refractivity contribution is 0.869. The van der Waals surface area contributed by atoms with Gasteiger partial charge in [0.25, 0.3) is 0 Å². The maximum atomic E-state index is 4.56. The summed E-state index contributed by atoms with van der Waals surface area (Å²) in [4.78, 5) is 4.56. The van der Waals surface area contributed by atoms with Crippen molar-refractivity contribution in [2.75, 3.05) is 0 Å². The first-order valence-corrected chi connectivity index (χ1v) is 6.70. The van der Waals surface area contributed by atoms with E-state index >= 15 is 0 Å². The minimum absolute atomic E-state index is 0.509. The fraction of sp³-hybridized carbons (Fsp3) is 0.167. The monoisotopic (exact) mass is 247 g/mol. The van der Waals surface area contributed by atoms with E-state index in [9.17, 15) is 0 Å². The lowest BCUT2D eigenvalue weighted by atomic mass is 9.91. The minimum Gasteiger partial charge on any atom is -0.256 e. The Labute approximate surface area is 113 Å². The van der Waals surface area contributed by atoms with Gasteiger partial charge in [0.2, 0.25) is 0 Å². The fourth-order valence-electron chi connectivity index (χ4n) is 2.57. The molecule has 0 unspecified atom stereocenters. The second-order valence-electron chi connectivity index (χ2n) is 5.12. The highest BCUT2D eigenvalue weighted by Gasteiger charge is 2.10. The topological polar surface area (TPSA) is 12.9 Å². The van der Waals surface area contributed by atoms with E-state index in [1.165, 1.54) is 22.1 Å². The molecule has 0 bridgehead atoms. The molecule has 0 saturated heterocycles. The third kappa shape index (κ3) is 2.12. The van der Waals surface area contributed by atoms with Crippen LogP contribution in [0.2, 0.25) is 0 Å². The molecule has 1 heterocycles. The molecule has 1 nitrogen and oxygen atoms in total. The van der Waals surface area contributed by atoms with Crippen LogP contribution in [0.25, 0.3) is 22.0 Å². The van der Waals surface area contributed by atoms with E-state index in [4.69, 9.17) is 0 Å². The summed E-state index contributed by atoms with van der Waals surface area (Å²) in [5.41, 5.74) is 4.97. The number of aromatic nitrogens is 1. The summed E-state index contributed by atoms with van der Waals surface area (Å²) in [6, 6.07) is 19.1. The average molecular weight is 247 g/mol. The van der Waals surface area contributed by atoms with Gasteiger partial charge in [-0.3, -0.25) is 4.98 Å². The normalized spacial score (nSPS) is 11.1. The molecule has 0 spiro atoms. The van der Waals surface area contributed by atoms with Crippen LogP contribution < -0.4 is 0 Å². The Hall–Kier alpha value is -2.15. The predicted molar refractivity (Wildman–Crippen MR) is 81.3 cm³/mol. The number of hydrogen-bond acceptors (Lipinski definition) is 1. The van der Waals surface area contributed by atoms with Crippen molar-refractivity contribution in [3.8, 4) is 11.1 Å². The standard InChI is InChI=1S/C18H17N/c1-13(2)15-9-3-4-10-16(15)17-11-5-7-14-8-6-12-19-18(14)17/h3-13H,1-2H3. The van der Waals surface area contributed by atoms with Crippen molar-refractivity contribution in [3.05, 3.63) is 66.4 Å². The van der Waals surface area contributed by atoms with E-state index in [2.05, 4.69) is 67.4 Å². The lowest BCUT2D eigenvalue weighted by Gasteiger charge is -2.14. The molecule has 0 fully saturated rings. The van der Waals surface area contributed by atoms with Crippen LogP contribution in [0, 0.1) is 0 Å². The van der Waals surface area contributed by atoms with Crippen molar-refractivity contribution in [1.29, 1.82) is 0 Å². The molecule has 94 valence electrons. The van der Waals surface area contributed by atoms with E-state index < -0.39 is 0 Å². The molecule has 0 atom stereocenters. The van der Waals surface area contributed by atoms with Gasteiger partial charge in [0, 0.05) is 17.1 Å². The number of nitrogens with zero attached hydrogens (tertiary/aromatic N) is 1. The van der Waals surface area contributed by atoms with E-state index in [1.54, 1.807) is 0 Å². The molecule has 3 aromatic rings. The molecule has 2 aromatic carbocycles. The Balaban J connectivity index is 2.31. The van der Waals surface area contributed by atoms with Crippen LogP contribution >= 0.6 is 0 Å². The smallest absolute Gasteiger partial charge is 0.0780 e. The Kier molecular flexibility index (Phi) is 3.04. The first-order valence-electron chi connectivity index (χ1n) is 6.70. The molecule has 0 aliphatic heterocycles. The Bertz CT molecular complexity index is 708. The molecular weight excluding hydrogens is 230 g/mol. The molecule has 19 heavy (non-hydrogen) atoms. The van der Waals surface area contributed by atoms with Gasteiger partial charge in [-0.05, 0) is 23.1 Å². The van der Waals surface area contributed by atoms with Crippen LogP contribution in [-0.2, 0) is 0 Å². The average Bonchev–Trinajstić information content (AvgIpc) is 2.46. The van der Waals surface area contributed by atoms with Crippen molar-refractivity contribution in [3.63, 3.8) is 0 Å². The summed E-state index contributed by atoms with van der Waals surface area (Å²) in [7, 11) is 0. The maximum Gasteiger partial charge on any atom is 0.0780 e. The second kappa shape index (κ2) is 4.85. The fourth-order valence-corrected chi connectivity index (χ4v) is 2.57. The highest BCUT2D eigenvalue weighted by atomic mass is 14.6. The first kappa shape index (κ1) is 11.9. The van der Waals surface area contributed by atoms with Gasteiger partial charge in [-0.2, -0.15) is 0 Å². The van der Waals surface area contributed by atoms with Crippen LogP contribution in [0.15, 0.2) is 60.8 Å². The Morgan fingerprint density at radius 1 is 0.789 bits per heavy atom. The van der Waals surface area contributed by atoms with Gasteiger partial charge in [0.05, 0.1) is 5.52 Å². The molecule has 0 radical (unpaired) electrons. The molecule has 1 heteroatoms. The number of para-hydroxylation sites is 1. The lowest BCUT2D eigenvalue weighted by Crippen LogP contribution is -1.93. The first-order chi connectivity index (χ1) is 9.27. The molecule has 0 amide bonds. The van der Waals surface area contributed by atoms with Crippen molar-refractivity contribution >= 4 is 10.9 Å². The van der Waals surface area contributed by atoms with Crippen molar-refractivity contribution in [1.82, 2.24) is 4.98 Å². The highest BCUT2D eigenvalue weighted by Crippen LogP contribution is 2.32. The number of rotatable bonds is 2. The third-order valence-electron chi connectivity index (χ3n) is 3.51. The summed E-state index contributed by atoms with van der Waals surface area (Å²) in [6.45, 7) is 4.47. The molecule has 0 aliphatic carbocycles. The zero-order valence-corrected chi connectivity index (χ0v) is 11.3. The number of pyridine rings is 1. The van der Waals surface area contributed by atoms with Crippen LogP contribution in [0.5, 0.6) is 0 Å². The number of hydrogen-bond donors (Lipinski definition) is 0. The van der Waals surface area contributed by atoms with Gasteiger partial charge in [-0.1, -0.05) is 62.4 Å². The van der Waals surface area contributed by atoms with Crippen LogP contribution in [0.1, 0.15) is 25.3 Å². The van der Waals surface area contributed by atoms with Gasteiger partial charge in [0.15, 0.2) is 0 Å². The zero-order chi connectivity index (χ0) is 13.2. The summed E-state index contributed by atoms with van der Waals surface area (Å²) < 4.78 is 0. The van der Waals surface area contributed by atoms with Crippen LogP contribution in [0.4, 0.5) is 0 Å². The van der Waals surface area contributed by atoms with Gasteiger partial charge in [0.1, 0.15) is 0 Å². The molecule has 0 aliphatic rings. The second-order valence-corrected chi connectivity index (χ2v) is 5.12. The summed E-state index contributed by atoms with van der Waals surface area (Å²) in [5, 5.41) is 1.19. The van der Waals surface area contributed by atoms with Crippen molar-refractivity contribution in [2.24, 2.45) is 0 Å². The van der Waals surface area contributed by atoms with Crippen molar-refractivity contribution in [2.45, 2.75) is 19.8 Å². The third-order valence-corrected chi connectivity index (χ3v) is 3.51. The molecule has 0 N–H and O–H groups in total. The quantitative estimate of drug-likeness (QED) is 0.619. The van der Waals surface area contributed by atoms with Gasteiger partial charge in [-0.15, -0.1) is 0 Å². The van der Waals surface area contributed by atoms with Gasteiger partial charge >= 0.3 is 0 Å². The summed E-state index contributed by atoms with van der Waals surface area (Å²) in [6.07, 6.45) is 1.86. The summed E-state index contributed by atoms with van der Waals surface area (Å²) >= 11 is 0.